The van der Waals surface area contributed by atoms with Gasteiger partial charge in [-0.15, -0.1) is 6.42 Å². The summed E-state index contributed by atoms with van der Waals surface area (Å²) in [6.07, 6.45) is 6.22. The molecule has 1 rings (SSSR count). The number of hydrogen-bond acceptors (Lipinski definition) is 1. The average Bonchev–Trinajstić information content (AvgIpc) is 2.18. The topological polar surface area (TPSA) is 12.0 Å². The van der Waals surface area contributed by atoms with Gasteiger partial charge in [0.2, 0.25) is 0 Å². The molecule has 0 aromatic heterocycles. The van der Waals surface area contributed by atoms with Crippen LogP contribution in [0.3, 0.4) is 0 Å². The Morgan fingerprint density at radius 3 is 2.79 bits per heavy atom. The number of aryl methyl sites for hydroxylation is 1. The first kappa shape index (κ1) is 10.8. The molecule has 1 atom stereocenters. The number of benzene rings is 1. The maximum atomic E-state index is 5.19. The monoisotopic (exact) mass is 187 g/mol. The Morgan fingerprint density at radius 2 is 2.14 bits per heavy atom. The van der Waals surface area contributed by atoms with Crippen LogP contribution >= 0.6 is 0 Å². The van der Waals surface area contributed by atoms with Gasteiger partial charge >= 0.3 is 0 Å². The zero-order chi connectivity index (χ0) is 10.4. The van der Waals surface area contributed by atoms with Gasteiger partial charge in [-0.05, 0) is 31.4 Å². The standard InChI is InChI=1S/C13H17N/c1-4-9-14-12(3)10-13-8-6-5-7-11(13)2/h1,5-8,12,14H,9-10H2,2-3H3. The van der Waals surface area contributed by atoms with Crippen LogP contribution in [0.2, 0.25) is 0 Å². The molecule has 0 saturated carbocycles. The molecule has 14 heavy (non-hydrogen) atoms. The van der Waals surface area contributed by atoms with Gasteiger partial charge in [0.05, 0.1) is 6.54 Å². The van der Waals surface area contributed by atoms with Gasteiger partial charge in [0.15, 0.2) is 0 Å². The van der Waals surface area contributed by atoms with Crippen molar-refractivity contribution in [3.63, 3.8) is 0 Å². The number of rotatable bonds is 4. The van der Waals surface area contributed by atoms with Crippen LogP contribution in [-0.2, 0) is 6.42 Å². The summed E-state index contributed by atoms with van der Waals surface area (Å²) in [6.45, 7) is 4.94. The third-order valence-corrected chi connectivity index (χ3v) is 2.34. The molecule has 0 aliphatic carbocycles. The van der Waals surface area contributed by atoms with Crippen LogP contribution in [0.4, 0.5) is 0 Å². The summed E-state index contributed by atoms with van der Waals surface area (Å²) in [5, 5.41) is 3.27. The minimum atomic E-state index is 0.437. The van der Waals surface area contributed by atoms with Crippen molar-refractivity contribution in [2.24, 2.45) is 0 Å². The van der Waals surface area contributed by atoms with Crippen LogP contribution in [0.15, 0.2) is 24.3 Å². The first-order valence-electron chi connectivity index (χ1n) is 4.95. The SMILES string of the molecule is C#CCNC(C)Cc1ccccc1C. The Kier molecular flexibility index (Phi) is 4.22. The van der Waals surface area contributed by atoms with Crippen LogP contribution in [0.1, 0.15) is 18.1 Å². The van der Waals surface area contributed by atoms with Gasteiger partial charge in [-0.1, -0.05) is 30.2 Å². The largest absolute Gasteiger partial charge is 0.303 e. The Balaban J connectivity index is 2.52. The molecule has 0 aliphatic rings. The van der Waals surface area contributed by atoms with Gasteiger partial charge in [-0.3, -0.25) is 0 Å². The molecule has 0 aliphatic heterocycles. The molecular weight excluding hydrogens is 170 g/mol. The van der Waals surface area contributed by atoms with Crippen molar-refractivity contribution < 1.29 is 0 Å². The molecule has 74 valence electrons. The minimum Gasteiger partial charge on any atom is -0.303 e. The second-order valence-electron chi connectivity index (χ2n) is 3.62. The van der Waals surface area contributed by atoms with Crippen LogP contribution in [0.5, 0.6) is 0 Å². The maximum absolute atomic E-state index is 5.19. The number of hydrogen-bond donors (Lipinski definition) is 1. The van der Waals surface area contributed by atoms with Gasteiger partial charge in [0.25, 0.3) is 0 Å². The lowest BCUT2D eigenvalue weighted by atomic mass is 10.0. The lowest BCUT2D eigenvalue weighted by Gasteiger charge is -2.13. The zero-order valence-electron chi connectivity index (χ0n) is 8.88. The number of nitrogens with one attached hydrogen (secondary N) is 1. The third kappa shape index (κ3) is 3.24. The molecule has 0 amide bonds. The van der Waals surface area contributed by atoms with Crippen LogP contribution in [0.25, 0.3) is 0 Å². The van der Waals surface area contributed by atoms with E-state index in [0.29, 0.717) is 12.6 Å². The summed E-state index contributed by atoms with van der Waals surface area (Å²) in [6, 6.07) is 8.90. The van der Waals surface area contributed by atoms with Crippen LogP contribution in [0, 0.1) is 19.3 Å². The van der Waals surface area contributed by atoms with Gasteiger partial charge in [0, 0.05) is 6.04 Å². The molecule has 0 spiro atoms. The molecule has 1 aromatic rings. The van der Waals surface area contributed by atoms with Crippen molar-refractivity contribution in [2.45, 2.75) is 26.3 Å². The molecule has 1 N–H and O–H groups in total. The van der Waals surface area contributed by atoms with Gasteiger partial charge in [-0.2, -0.15) is 0 Å². The lowest BCUT2D eigenvalue weighted by Crippen LogP contribution is -2.28. The molecule has 0 bridgehead atoms. The van der Waals surface area contributed by atoms with E-state index in [1.54, 1.807) is 0 Å². The first-order chi connectivity index (χ1) is 6.74. The van der Waals surface area contributed by atoms with Crippen molar-refractivity contribution in [3.8, 4) is 12.3 Å². The van der Waals surface area contributed by atoms with Gasteiger partial charge < -0.3 is 5.32 Å². The molecule has 0 heterocycles. The van der Waals surface area contributed by atoms with E-state index in [0.717, 1.165) is 6.42 Å². The summed E-state index contributed by atoms with van der Waals surface area (Å²) in [4.78, 5) is 0. The van der Waals surface area contributed by atoms with E-state index in [1.165, 1.54) is 11.1 Å². The Morgan fingerprint density at radius 1 is 1.43 bits per heavy atom. The molecule has 1 unspecified atom stereocenters. The Bertz CT molecular complexity index is 322. The summed E-state index contributed by atoms with van der Waals surface area (Å²) >= 11 is 0. The zero-order valence-corrected chi connectivity index (χ0v) is 8.88. The van der Waals surface area contributed by atoms with E-state index in [9.17, 15) is 0 Å². The Hall–Kier alpha value is -1.26. The molecule has 0 fully saturated rings. The smallest absolute Gasteiger partial charge is 0.0575 e. The van der Waals surface area contributed by atoms with E-state index in [2.05, 4.69) is 49.4 Å². The van der Waals surface area contributed by atoms with Gasteiger partial charge in [0.1, 0.15) is 0 Å². The van der Waals surface area contributed by atoms with Crippen LogP contribution < -0.4 is 5.32 Å². The molecule has 1 nitrogen and oxygen atoms in total. The molecule has 0 radical (unpaired) electrons. The average molecular weight is 187 g/mol. The van der Waals surface area contributed by atoms with E-state index in [-0.39, 0.29) is 0 Å². The van der Waals surface area contributed by atoms with Crippen molar-refractivity contribution >= 4 is 0 Å². The highest BCUT2D eigenvalue weighted by Gasteiger charge is 2.03. The fraction of sp³-hybridized carbons (Fsp3) is 0.385. The lowest BCUT2D eigenvalue weighted by molar-refractivity contribution is 0.584. The second-order valence-corrected chi connectivity index (χ2v) is 3.62. The molecular formula is C13H17N. The molecule has 1 aromatic carbocycles. The highest BCUT2D eigenvalue weighted by atomic mass is 14.9. The summed E-state index contributed by atoms with van der Waals surface area (Å²) in [5.74, 6) is 2.59. The van der Waals surface area contributed by atoms with E-state index >= 15 is 0 Å². The summed E-state index contributed by atoms with van der Waals surface area (Å²) in [7, 11) is 0. The minimum absolute atomic E-state index is 0.437. The second kappa shape index (κ2) is 5.47. The highest BCUT2D eigenvalue weighted by Crippen LogP contribution is 2.09. The predicted molar refractivity (Wildman–Crippen MR) is 61.2 cm³/mol. The predicted octanol–water partition coefficient (Wildman–Crippen LogP) is 2.15. The normalized spacial score (nSPS) is 12.1. The van der Waals surface area contributed by atoms with Crippen LogP contribution in [-0.4, -0.2) is 12.6 Å². The Labute approximate surface area is 86.5 Å². The fourth-order valence-corrected chi connectivity index (χ4v) is 1.47. The molecule has 0 saturated heterocycles. The summed E-state index contributed by atoms with van der Waals surface area (Å²) in [5.41, 5.74) is 2.74. The third-order valence-electron chi connectivity index (χ3n) is 2.34. The quantitative estimate of drug-likeness (QED) is 0.712. The van der Waals surface area contributed by atoms with E-state index < -0.39 is 0 Å². The van der Waals surface area contributed by atoms with E-state index in [4.69, 9.17) is 6.42 Å². The maximum Gasteiger partial charge on any atom is 0.0575 e. The van der Waals surface area contributed by atoms with Crippen molar-refractivity contribution in [1.29, 1.82) is 0 Å². The molecule has 1 heteroatoms. The number of terminal acetylenes is 1. The first-order valence-corrected chi connectivity index (χ1v) is 4.95. The van der Waals surface area contributed by atoms with Crippen molar-refractivity contribution in [1.82, 2.24) is 5.32 Å². The van der Waals surface area contributed by atoms with Crippen molar-refractivity contribution in [3.05, 3.63) is 35.4 Å². The highest BCUT2D eigenvalue weighted by molar-refractivity contribution is 5.26. The summed E-state index contributed by atoms with van der Waals surface area (Å²) < 4.78 is 0. The van der Waals surface area contributed by atoms with Gasteiger partial charge in [-0.25, -0.2) is 0 Å². The van der Waals surface area contributed by atoms with Crippen molar-refractivity contribution in [2.75, 3.05) is 6.54 Å². The fourth-order valence-electron chi connectivity index (χ4n) is 1.47. The van der Waals surface area contributed by atoms with E-state index in [1.807, 2.05) is 0 Å².